The van der Waals surface area contributed by atoms with Gasteiger partial charge in [-0.1, -0.05) is 158 Å². The zero-order valence-corrected chi connectivity index (χ0v) is 31.8. The van der Waals surface area contributed by atoms with E-state index in [1.54, 1.807) is 0 Å². The number of aromatic nitrogens is 1. The zero-order chi connectivity index (χ0) is 38.4. The number of rotatable bonds is 7. The third-order valence-corrected chi connectivity index (χ3v) is 11.5. The molecule has 0 atom stereocenters. The third-order valence-electron chi connectivity index (χ3n) is 11.5. The fourth-order valence-corrected chi connectivity index (χ4v) is 8.64. The van der Waals surface area contributed by atoms with Gasteiger partial charge in [0.1, 0.15) is 0 Å². The molecule has 0 aliphatic heterocycles. The normalized spacial score (nSPS) is 11.4. The van der Waals surface area contributed by atoms with Crippen molar-refractivity contribution in [2.24, 2.45) is 0 Å². The molecule has 0 spiro atoms. The molecule has 0 saturated carbocycles. The smallest absolute Gasteiger partial charge is 0.0561 e. The number of anilines is 3. The van der Waals surface area contributed by atoms with Crippen LogP contribution in [0.2, 0.25) is 0 Å². The van der Waals surface area contributed by atoms with Crippen LogP contribution in [-0.2, 0) is 0 Å². The number of fused-ring (bicyclic) bond motifs is 5. The minimum absolute atomic E-state index is 1.09. The molecule has 272 valence electrons. The van der Waals surface area contributed by atoms with Gasteiger partial charge in [0, 0.05) is 33.5 Å². The zero-order valence-electron chi connectivity index (χ0n) is 31.8. The Hall–Kier alpha value is -7.68. The summed E-state index contributed by atoms with van der Waals surface area (Å²) in [5.41, 5.74) is 14.0. The molecule has 2 nitrogen and oxygen atoms in total. The van der Waals surface area contributed by atoms with E-state index in [-0.39, 0.29) is 0 Å². The van der Waals surface area contributed by atoms with Crippen molar-refractivity contribution in [2.45, 2.75) is 0 Å². The van der Waals surface area contributed by atoms with Gasteiger partial charge in [0.25, 0.3) is 0 Å². The molecule has 0 N–H and O–H groups in total. The fraction of sp³-hybridized carbons (Fsp3) is 0. The van der Waals surface area contributed by atoms with Gasteiger partial charge in [-0.3, -0.25) is 0 Å². The summed E-state index contributed by atoms with van der Waals surface area (Å²) in [7, 11) is 0. The van der Waals surface area contributed by atoms with Crippen LogP contribution < -0.4 is 4.90 Å². The SMILES string of the molecule is c1ccc(-c2cccc(N(c3ccc4ccc(-c5ccc6ccc(-c7ccccc7)cc6c5)cc4c3)c3ccc4c5ccccc5n(-c5ccccc5)c4c3)c2)cc1. The lowest BCUT2D eigenvalue weighted by Gasteiger charge is -2.27. The van der Waals surface area contributed by atoms with Crippen molar-refractivity contribution in [3.8, 4) is 39.1 Å². The minimum atomic E-state index is 1.09. The first-order valence-electron chi connectivity index (χ1n) is 19.9. The number of para-hydroxylation sites is 2. The maximum absolute atomic E-state index is 2.41. The second kappa shape index (κ2) is 14.1. The summed E-state index contributed by atoms with van der Waals surface area (Å²) >= 11 is 0. The van der Waals surface area contributed by atoms with Crippen LogP contribution in [0.15, 0.2) is 231 Å². The highest BCUT2D eigenvalue weighted by molar-refractivity contribution is 6.10. The molecule has 1 heterocycles. The van der Waals surface area contributed by atoms with E-state index >= 15 is 0 Å². The van der Waals surface area contributed by atoms with Crippen LogP contribution in [-0.4, -0.2) is 4.57 Å². The number of hydrogen-bond acceptors (Lipinski definition) is 1. The van der Waals surface area contributed by atoms with E-state index in [1.165, 1.54) is 76.7 Å². The van der Waals surface area contributed by atoms with Crippen molar-refractivity contribution in [1.29, 1.82) is 0 Å². The van der Waals surface area contributed by atoms with Crippen molar-refractivity contribution in [2.75, 3.05) is 4.90 Å². The second-order valence-electron chi connectivity index (χ2n) is 15.0. The van der Waals surface area contributed by atoms with Gasteiger partial charge in [-0.15, -0.1) is 0 Å². The molecule has 11 aromatic rings. The molecular weight excluding hydrogens is 701 g/mol. The van der Waals surface area contributed by atoms with Gasteiger partial charge in [-0.25, -0.2) is 0 Å². The molecule has 1 aromatic heterocycles. The molecule has 0 aliphatic carbocycles. The number of nitrogens with zero attached hydrogens (tertiary/aromatic N) is 2. The quantitative estimate of drug-likeness (QED) is 0.158. The van der Waals surface area contributed by atoms with E-state index in [9.17, 15) is 0 Å². The molecule has 11 rings (SSSR count). The molecule has 0 radical (unpaired) electrons. The van der Waals surface area contributed by atoms with Gasteiger partial charge in [0.2, 0.25) is 0 Å². The first-order chi connectivity index (χ1) is 28.7. The van der Waals surface area contributed by atoms with Gasteiger partial charge in [-0.2, -0.15) is 0 Å². The van der Waals surface area contributed by atoms with Gasteiger partial charge in [0.15, 0.2) is 0 Å². The maximum Gasteiger partial charge on any atom is 0.0561 e. The minimum Gasteiger partial charge on any atom is -0.310 e. The summed E-state index contributed by atoms with van der Waals surface area (Å²) < 4.78 is 2.39. The summed E-state index contributed by atoms with van der Waals surface area (Å²) in [4.78, 5) is 2.41. The summed E-state index contributed by atoms with van der Waals surface area (Å²) in [6.07, 6.45) is 0. The van der Waals surface area contributed by atoms with Crippen molar-refractivity contribution in [1.82, 2.24) is 4.57 Å². The van der Waals surface area contributed by atoms with E-state index in [0.717, 1.165) is 22.7 Å². The van der Waals surface area contributed by atoms with E-state index in [4.69, 9.17) is 0 Å². The molecule has 0 unspecified atom stereocenters. The standard InChI is InChI=1S/C56H38N2/c1-4-13-39(14-5-1)43-17-12-20-50(36-43)57(52-31-32-54-53-21-10-11-22-55(53)58(56(54)38-52)49-18-8-3-9-19-49)51-30-29-42-25-28-46(35-48(42)37-51)45-27-24-41-23-26-44(33-47(41)34-45)40-15-6-2-7-16-40/h1-38H. The number of hydrogen-bond donors (Lipinski definition) is 0. The predicted molar refractivity (Wildman–Crippen MR) is 247 cm³/mol. The van der Waals surface area contributed by atoms with Crippen molar-refractivity contribution in [3.63, 3.8) is 0 Å². The van der Waals surface area contributed by atoms with Crippen LogP contribution in [0.25, 0.3) is 82.4 Å². The van der Waals surface area contributed by atoms with Crippen molar-refractivity contribution >= 4 is 60.4 Å². The van der Waals surface area contributed by atoms with Gasteiger partial charge in [0.05, 0.1) is 11.0 Å². The predicted octanol–water partition coefficient (Wildman–Crippen LogP) is 15.6. The average molecular weight is 739 g/mol. The highest BCUT2D eigenvalue weighted by Gasteiger charge is 2.18. The molecule has 58 heavy (non-hydrogen) atoms. The Morgan fingerprint density at radius 3 is 1.40 bits per heavy atom. The molecular formula is C56H38N2. The Morgan fingerprint density at radius 2 is 0.724 bits per heavy atom. The Kier molecular flexibility index (Phi) is 8.19. The molecule has 0 aliphatic rings. The summed E-state index contributed by atoms with van der Waals surface area (Å²) in [5, 5.41) is 7.35. The Morgan fingerprint density at radius 1 is 0.259 bits per heavy atom. The van der Waals surface area contributed by atoms with Crippen molar-refractivity contribution in [3.05, 3.63) is 231 Å². The lowest BCUT2D eigenvalue weighted by molar-refractivity contribution is 1.18. The molecule has 10 aromatic carbocycles. The van der Waals surface area contributed by atoms with E-state index < -0.39 is 0 Å². The summed E-state index contributed by atoms with van der Waals surface area (Å²) in [6.45, 7) is 0. The first-order valence-corrected chi connectivity index (χ1v) is 19.9. The summed E-state index contributed by atoms with van der Waals surface area (Å²) in [6, 6.07) is 83.8. The molecule has 0 saturated heterocycles. The first kappa shape index (κ1) is 33.6. The van der Waals surface area contributed by atoms with Crippen molar-refractivity contribution < 1.29 is 0 Å². The lowest BCUT2D eigenvalue weighted by Crippen LogP contribution is -2.10. The van der Waals surface area contributed by atoms with E-state index in [0.29, 0.717) is 0 Å². The van der Waals surface area contributed by atoms with Gasteiger partial charge >= 0.3 is 0 Å². The average Bonchev–Trinajstić information content (AvgIpc) is 3.63. The Labute approximate surface area is 338 Å². The van der Waals surface area contributed by atoms with E-state index in [1.807, 2.05) is 0 Å². The highest BCUT2D eigenvalue weighted by atomic mass is 15.1. The molecule has 0 bridgehead atoms. The van der Waals surface area contributed by atoms with Crippen LogP contribution in [0.5, 0.6) is 0 Å². The van der Waals surface area contributed by atoms with Crippen LogP contribution in [0.1, 0.15) is 0 Å². The van der Waals surface area contributed by atoms with Crippen LogP contribution in [0, 0.1) is 0 Å². The molecule has 0 amide bonds. The summed E-state index contributed by atoms with van der Waals surface area (Å²) in [5.74, 6) is 0. The van der Waals surface area contributed by atoms with Crippen LogP contribution in [0.3, 0.4) is 0 Å². The van der Waals surface area contributed by atoms with Gasteiger partial charge < -0.3 is 9.47 Å². The lowest BCUT2D eigenvalue weighted by atomic mass is 9.96. The second-order valence-corrected chi connectivity index (χ2v) is 15.0. The van der Waals surface area contributed by atoms with Crippen LogP contribution >= 0.6 is 0 Å². The topological polar surface area (TPSA) is 8.17 Å². The fourth-order valence-electron chi connectivity index (χ4n) is 8.64. The molecule has 0 fully saturated rings. The number of benzene rings is 10. The highest BCUT2D eigenvalue weighted by Crippen LogP contribution is 2.42. The van der Waals surface area contributed by atoms with Crippen LogP contribution in [0.4, 0.5) is 17.1 Å². The third kappa shape index (κ3) is 6.00. The molecule has 2 heteroatoms. The maximum atomic E-state index is 2.41. The monoisotopic (exact) mass is 738 g/mol. The largest absolute Gasteiger partial charge is 0.310 e. The Balaban J connectivity index is 1.07. The Bertz CT molecular complexity index is 3270. The van der Waals surface area contributed by atoms with Gasteiger partial charge in [-0.05, 0) is 128 Å². The van der Waals surface area contributed by atoms with E-state index in [2.05, 4.69) is 240 Å².